The van der Waals surface area contributed by atoms with Crippen molar-refractivity contribution in [2.75, 3.05) is 11.6 Å². The number of nitrogens with zero attached hydrogens (tertiary/aromatic N) is 3. The van der Waals surface area contributed by atoms with E-state index in [1.54, 1.807) is 24.0 Å². The van der Waals surface area contributed by atoms with E-state index >= 15 is 0 Å². The molecule has 0 amide bonds. The number of thioether (sulfide) groups is 1. The molecule has 7 heteroatoms. The fourth-order valence-electron chi connectivity index (χ4n) is 2.53. The molecule has 6 nitrogen and oxygen atoms in total. The van der Waals surface area contributed by atoms with E-state index in [-0.39, 0.29) is 11.2 Å². The molecule has 0 saturated carbocycles. The Labute approximate surface area is 127 Å². The van der Waals surface area contributed by atoms with E-state index in [0.29, 0.717) is 18.1 Å². The normalized spacial score (nSPS) is 15.8. The predicted molar refractivity (Wildman–Crippen MR) is 84.0 cm³/mol. The quantitative estimate of drug-likeness (QED) is 0.844. The molecule has 0 atom stereocenters. The number of rotatable bonds is 3. The van der Waals surface area contributed by atoms with Crippen LogP contribution in [0.2, 0.25) is 0 Å². The smallest absolute Gasteiger partial charge is 0.276 e. The minimum absolute atomic E-state index is 0.0450. The lowest BCUT2D eigenvalue weighted by Crippen LogP contribution is -2.41. The molecular formula is C14H17N5OS. The molecule has 21 heavy (non-hydrogen) atoms. The first-order valence-corrected chi connectivity index (χ1v) is 7.87. The number of hydrogen-bond acceptors (Lipinski definition) is 6. The summed E-state index contributed by atoms with van der Waals surface area (Å²) in [5.41, 5.74) is 1.13. The lowest BCUT2D eigenvalue weighted by Gasteiger charge is -2.23. The van der Waals surface area contributed by atoms with Gasteiger partial charge in [0.15, 0.2) is 0 Å². The Hall–Kier alpha value is -1.86. The largest absolute Gasteiger partial charge is 0.336 e. The predicted octanol–water partition coefficient (Wildman–Crippen LogP) is 1.90. The van der Waals surface area contributed by atoms with Crippen molar-refractivity contribution in [2.24, 2.45) is 0 Å². The van der Waals surface area contributed by atoms with Crippen molar-refractivity contribution < 1.29 is 0 Å². The Morgan fingerprint density at radius 3 is 2.95 bits per heavy atom. The number of hydrogen-bond donors (Lipinski definition) is 2. The van der Waals surface area contributed by atoms with Crippen LogP contribution in [0.4, 0.5) is 11.5 Å². The van der Waals surface area contributed by atoms with Gasteiger partial charge in [-0.3, -0.25) is 14.7 Å². The van der Waals surface area contributed by atoms with Crippen molar-refractivity contribution in [1.29, 1.82) is 0 Å². The van der Waals surface area contributed by atoms with Crippen LogP contribution in [0.15, 0.2) is 34.3 Å². The van der Waals surface area contributed by atoms with E-state index in [9.17, 15) is 4.79 Å². The van der Waals surface area contributed by atoms with E-state index in [4.69, 9.17) is 0 Å². The van der Waals surface area contributed by atoms with Gasteiger partial charge < -0.3 is 5.32 Å². The monoisotopic (exact) mass is 303 g/mol. The van der Waals surface area contributed by atoms with Gasteiger partial charge in [-0.2, -0.15) is 0 Å². The van der Waals surface area contributed by atoms with Crippen LogP contribution in [0.5, 0.6) is 0 Å². The van der Waals surface area contributed by atoms with Crippen LogP contribution < -0.4 is 16.2 Å². The average Bonchev–Trinajstić information content (AvgIpc) is 2.79. The molecule has 1 aliphatic heterocycles. The fraction of sp³-hybridized carbons (Fsp3) is 0.357. The third kappa shape index (κ3) is 2.43. The van der Waals surface area contributed by atoms with Crippen LogP contribution in [0.3, 0.4) is 0 Å². The zero-order valence-corrected chi connectivity index (χ0v) is 13.0. The average molecular weight is 303 g/mol. The van der Waals surface area contributed by atoms with Crippen molar-refractivity contribution in [3.05, 3.63) is 40.7 Å². The van der Waals surface area contributed by atoms with Gasteiger partial charge >= 0.3 is 0 Å². The first-order chi connectivity index (χ1) is 10.0. The van der Waals surface area contributed by atoms with Crippen LogP contribution in [-0.4, -0.2) is 20.8 Å². The van der Waals surface area contributed by atoms with E-state index in [0.717, 1.165) is 10.6 Å². The molecule has 3 rings (SSSR count). The maximum atomic E-state index is 12.8. The summed E-state index contributed by atoms with van der Waals surface area (Å²) in [6.45, 7) is 4.71. The molecule has 1 aliphatic rings. The molecule has 2 aromatic heterocycles. The fourth-order valence-corrected chi connectivity index (χ4v) is 3.17. The zero-order valence-electron chi connectivity index (χ0n) is 12.2. The summed E-state index contributed by atoms with van der Waals surface area (Å²) in [6, 6.07) is 3.63. The van der Waals surface area contributed by atoms with Crippen molar-refractivity contribution in [2.45, 2.75) is 31.0 Å². The van der Waals surface area contributed by atoms with E-state index in [1.165, 1.54) is 6.33 Å². The van der Waals surface area contributed by atoms with Crippen molar-refractivity contribution in [3.8, 4) is 0 Å². The third-order valence-electron chi connectivity index (χ3n) is 3.58. The Balaban J connectivity index is 2.13. The van der Waals surface area contributed by atoms with Crippen LogP contribution in [0.1, 0.15) is 19.5 Å². The minimum atomic E-state index is -0.389. The molecule has 0 aliphatic carbocycles. The number of anilines is 2. The summed E-state index contributed by atoms with van der Waals surface area (Å²) in [5, 5.41) is 6.45. The van der Waals surface area contributed by atoms with Crippen molar-refractivity contribution >= 4 is 23.3 Å². The Kier molecular flexibility index (Phi) is 3.46. The molecule has 0 radical (unpaired) electrons. The highest BCUT2D eigenvalue weighted by Gasteiger charge is 2.32. The van der Waals surface area contributed by atoms with E-state index in [1.807, 2.05) is 30.7 Å². The lowest BCUT2D eigenvalue weighted by molar-refractivity contribution is 0.314. The Morgan fingerprint density at radius 2 is 2.29 bits per heavy atom. The highest BCUT2D eigenvalue weighted by molar-refractivity contribution is 7.98. The molecule has 2 N–H and O–H groups in total. The molecule has 0 saturated heterocycles. The molecule has 2 aromatic rings. The molecule has 0 spiro atoms. The second-order valence-electron chi connectivity index (χ2n) is 5.35. The van der Waals surface area contributed by atoms with E-state index in [2.05, 4.69) is 20.6 Å². The number of nitrogens with one attached hydrogen (secondary N) is 2. The number of pyridine rings is 1. The summed E-state index contributed by atoms with van der Waals surface area (Å²) in [6.07, 6.45) is 5.11. The summed E-state index contributed by atoms with van der Waals surface area (Å²) in [4.78, 5) is 21.8. The van der Waals surface area contributed by atoms with Crippen LogP contribution in [0.25, 0.3) is 0 Å². The minimum Gasteiger partial charge on any atom is -0.336 e. The Bertz CT molecular complexity index is 726. The maximum absolute atomic E-state index is 12.8. The van der Waals surface area contributed by atoms with Gasteiger partial charge in [0.1, 0.15) is 17.8 Å². The van der Waals surface area contributed by atoms with Gasteiger partial charge in [-0.25, -0.2) is 9.97 Å². The molecule has 3 heterocycles. The highest BCUT2D eigenvalue weighted by atomic mass is 32.2. The van der Waals surface area contributed by atoms with Gasteiger partial charge in [-0.15, -0.1) is 11.8 Å². The van der Waals surface area contributed by atoms with Gasteiger partial charge in [0, 0.05) is 17.6 Å². The number of fused-ring (bicyclic) bond motifs is 1. The van der Waals surface area contributed by atoms with E-state index < -0.39 is 0 Å². The van der Waals surface area contributed by atoms with Crippen LogP contribution in [-0.2, 0) is 12.2 Å². The van der Waals surface area contributed by atoms with Crippen molar-refractivity contribution in [3.63, 3.8) is 0 Å². The molecule has 0 aromatic carbocycles. The first-order valence-electron chi connectivity index (χ1n) is 6.64. The van der Waals surface area contributed by atoms with Gasteiger partial charge in [0.2, 0.25) is 0 Å². The molecule has 0 unspecified atom stereocenters. The van der Waals surface area contributed by atoms with Gasteiger partial charge in [-0.05, 0) is 32.2 Å². The topological polar surface area (TPSA) is 71.8 Å². The van der Waals surface area contributed by atoms with Gasteiger partial charge in [0.25, 0.3) is 5.56 Å². The first kappa shape index (κ1) is 14.1. The van der Waals surface area contributed by atoms with Gasteiger partial charge in [-0.1, -0.05) is 0 Å². The molecule has 0 bridgehead atoms. The number of aromatic nitrogens is 3. The summed E-state index contributed by atoms with van der Waals surface area (Å²) in [7, 11) is 0. The highest BCUT2D eigenvalue weighted by Crippen LogP contribution is 2.30. The maximum Gasteiger partial charge on any atom is 0.276 e. The molecular weight excluding hydrogens is 286 g/mol. The standard InChI is InChI=1S/C14H17N5OS/c1-14(2)17-7-10-11(21-3)6-9(13(20)19(10)14)18-12-4-5-15-8-16-12/h4-6,8,17H,7H2,1-3H3,(H,15,16,18). The summed E-state index contributed by atoms with van der Waals surface area (Å²) >= 11 is 1.64. The molecule has 0 fully saturated rings. The Morgan fingerprint density at radius 1 is 1.48 bits per heavy atom. The summed E-state index contributed by atoms with van der Waals surface area (Å²) < 4.78 is 1.82. The van der Waals surface area contributed by atoms with Crippen molar-refractivity contribution in [1.82, 2.24) is 19.9 Å². The summed E-state index contributed by atoms with van der Waals surface area (Å²) in [5.74, 6) is 0.610. The lowest BCUT2D eigenvalue weighted by atomic mass is 10.2. The van der Waals surface area contributed by atoms with Crippen LogP contribution >= 0.6 is 11.8 Å². The second-order valence-corrected chi connectivity index (χ2v) is 6.19. The third-order valence-corrected chi connectivity index (χ3v) is 4.37. The SMILES string of the molecule is CSc1cc(Nc2ccncn2)c(=O)n2c1CNC2(C)C. The molecule has 110 valence electrons. The zero-order chi connectivity index (χ0) is 15.0. The second kappa shape index (κ2) is 5.16. The van der Waals surface area contributed by atoms with Gasteiger partial charge in [0.05, 0.1) is 11.4 Å². The van der Waals surface area contributed by atoms with Crippen LogP contribution in [0, 0.1) is 0 Å².